The Bertz CT molecular complexity index is 461. The minimum absolute atomic E-state index is 0.598. The topological polar surface area (TPSA) is 49.8 Å². The van der Waals surface area contributed by atoms with Gasteiger partial charge in [0.25, 0.3) is 0 Å². The van der Waals surface area contributed by atoms with Gasteiger partial charge in [0.2, 0.25) is 0 Å². The molecular weight excluding hydrogens is 254 g/mol. The number of anilines is 1. The zero-order valence-electron chi connectivity index (χ0n) is 11.8. The Labute approximate surface area is 119 Å². The minimum Gasteiger partial charge on any atom is -0.478 e. The maximum atomic E-state index is 10.5. The molecule has 1 N–H and O–H groups in total. The van der Waals surface area contributed by atoms with Gasteiger partial charge in [-0.2, -0.15) is 0 Å². The van der Waals surface area contributed by atoms with Crippen molar-refractivity contribution in [3.63, 3.8) is 0 Å². The molecule has 1 aliphatic heterocycles. The third-order valence-corrected chi connectivity index (χ3v) is 3.54. The lowest BCUT2D eigenvalue weighted by molar-refractivity contribution is -0.131. The van der Waals surface area contributed by atoms with Crippen LogP contribution in [0.2, 0.25) is 0 Å². The van der Waals surface area contributed by atoms with Gasteiger partial charge in [0.05, 0.1) is 6.61 Å². The van der Waals surface area contributed by atoms with Crippen molar-refractivity contribution in [3.8, 4) is 0 Å². The summed E-state index contributed by atoms with van der Waals surface area (Å²) in [6.45, 7) is 2.74. The van der Waals surface area contributed by atoms with Gasteiger partial charge >= 0.3 is 5.97 Å². The van der Waals surface area contributed by atoms with Crippen LogP contribution in [-0.4, -0.2) is 37.9 Å². The number of nitrogens with zero attached hydrogens (tertiary/aromatic N) is 1. The van der Waals surface area contributed by atoms with Crippen LogP contribution in [0.15, 0.2) is 30.3 Å². The lowest BCUT2D eigenvalue weighted by Gasteiger charge is -2.28. The maximum absolute atomic E-state index is 10.5. The normalized spacial score (nSPS) is 19.1. The van der Waals surface area contributed by atoms with Crippen LogP contribution in [0.3, 0.4) is 0 Å². The monoisotopic (exact) mass is 275 g/mol. The molecule has 0 spiro atoms. The summed E-state index contributed by atoms with van der Waals surface area (Å²) in [6, 6.07) is 7.90. The number of hydrogen-bond donors (Lipinski definition) is 1. The zero-order valence-corrected chi connectivity index (χ0v) is 11.8. The molecule has 1 aromatic carbocycles. The average Bonchev–Trinajstić information content (AvgIpc) is 2.46. The lowest BCUT2D eigenvalue weighted by atomic mass is 10.0. The molecule has 108 valence electrons. The van der Waals surface area contributed by atoms with Crippen molar-refractivity contribution in [1.29, 1.82) is 0 Å². The smallest absolute Gasteiger partial charge is 0.328 e. The number of hydrogen-bond acceptors (Lipinski definition) is 3. The van der Waals surface area contributed by atoms with E-state index in [9.17, 15) is 4.79 Å². The Balaban J connectivity index is 1.92. The van der Waals surface area contributed by atoms with E-state index >= 15 is 0 Å². The van der Waals surface area contributed by atoms with Crippen molar-refractivity contribution in [2.75, 3.05) is 31.7 Å². The first-order chi connectivity index (χ1) is 9.65. The molecule has 0 radical (unpaired) electrons. The standard InChI is InChI=1S/C16H21NO3/c1-17(11-14-3-2-10-20-12-14)15-7-4-13(5-8-15)6-9-16(18)19/h4-9,14H,2-3,10-12H2,1H3,(H,18,19). The number of ether oxygens (including phenoxy) is 1. The Morgan fingerprint density at radius 3 is 2.80 bits per heavy atom. The number of benzene rings is 1. The molecule has 1 unspecified atom stereocenters. The summed E-state index contributed by atoms with van der Waals surface area (Å²) in [5.41, 5.74) is 2.04. The summed E-state index contributed by atoms with van der Waals surface area (Å²) < 4.78 is 5.50. The lowest BCUT2D eigenvalue weighted by Crippen LogP contribution is -2.30. The fourth-order valence-corrected chi connectivity index (χ4v) is 2.45. The van der Waals surface area contributed by atoms with E-state index in [1.807, 2.05) is 24.3 Å². The number of carboxylic acids is 1. The van der Waals surface area contributed by atoms with Gasteiger partial charge < -0.3 is 14.7 Å². The molecule has 1 fully saturated rings. The summed E-state index contributed by atoms with van der Waals surface area (Å²) in [4.78, 5) is 12.7. The van der Waals surface area contributed by atoms with Crippen LogP contribution in [0, 0.1) is 5.92 Å². The van der Waals surface area contributed by atoms with Crippen molar-refractivity contribution in [2.45, 2.75) is 12.8 Å². The molecule has 1 aliphatic rings. The van der Waals surface area contributed by atoms with E-state index in [1.54, 1.807) is 6.08 Å². The number of rotatable bonds is 5. The molecule has 4 heteroatoms. The van der Waals surface area contributed by atoms with Gasteiger partial charge in [-0.3, -0.25) is 0 Å². The zero-order chi connectivity index (χ0) is 14.4. The largest absolute Gasteiger partial charge is 0.478 e. The fraction of sp³-hybridized carbons (Fsp3) is 0.438. The third-order valence-electron chi connectivity index (χ3n) is 3.54. The van der Waals surface area contributed by atoms with E-state index in [1.165, 1.54) is 6.42 Å². The molecule has 0 saturated carbocycles. The predicted molar refractivity (Wildman–Crippen MR) is 79.9 cm³/mol. The van der Waals surface area contributed by atoms with Crippen LogP contribution >= 0.6 is 0 Å². The molecule has 4 nitrogen and oxygen atoms in total. The highest BCUT2D eigenvalue weighted by molar-refractivity contribution is 5.85. The molecule has 20 heavy (non-hydrogen) atoms. The van der Waals surface area contributed by atoms with Gasteiger partial charge in [0.1, 0.15) is 0 Å². The van der Waals surface area contributed by atoms with Crippen LogP contribution in [0.4, 0.5) is 5.69 Å². The maximum Gasteiger partial charge on any atom is 0.328 e. The van der Waals surface area contributed by atoms with Crippen molar-refractivity contribution in [2.24, 2.45) is 5.92 Å². The second-order valence-corrected chi connectivity index (χ2v) is 5.23. The summed E-state index contributed by atoms with van der Waals surface area (Å²) in [7, 11) is 2.08. The highest BCUT2D eigenvalue weighted by Crippen LogP contribution is 2.19. The second-order valence-electron chi connectivity index (χ2n) is 5.23. The molecular formula is C16H21NO3. The Morgan fingerprint density at radius 2 is 2.20 bits per heavy atom. The molecule has 0 aromatic heterocycles. The van der Waals surface area contributed by atoms with Crippen LogP contribution < -0.4 is 4.90 Å². The predicted octanol–water partition coefficient (Wildman–Crippen LogP) is 2.65. The number of aliphatic carboxylic acids is 1. The van der Waals surface area contributed by atoms with Gasteiger partial charge in [0.15, 0.2) is 0 Å². The second kappa shape index (κ2) is 7.10. The summed E-state index contributed by atoms with van der Waals surface area (Å²) in [5.74, 6) is -0.330. The van der Waals surface area contributed by atoms with E-state index in [0.717, 1.165) is 43.5 Å². The third kappa shape index (κ3) is 4.38. The number of carboxylic acid groups (broad SMARTS) is 1. The highest BCUT2D eigenvalue weighted by Gasteiger charge is 2.15. The molecule has 0 amide bonds. The Morgan fingerprint density at radius 1 is 1.45 bits per heavy atom. The van der Waals surface area contributed by atoms with Crippen molar-refractivity contribution >= 4 is 17.7 Å². The molecule has 0 bridgehead atoms. The van der Waals surface area contributed by atoms with Crippen LogP contribution in [0.25, 0.3) is 6.08 Å². The van der Waals surface area contributed by atoms with Crippen LogP contribution in [0.1, 0.15) is 18.4 Å². The summed E-state index contributed by atoms with van der Waals surface area (Å²) in [6.07, 6.45) is 5.13. The fourth-order valence-electron chi connectivity index (χ4n) is 2.45. The van der Waals surface area contributed by atoms with Crippen LogP contribution in [-0.2, 0) is 9.53 Å². The van der Waals surface area contributed by atoms with Crippen LogP contribution in [0.5, 0.6) is 0 Å². The number of carbonyl (C=O) groups is 1. The van der Waals surface area contributed by atoms with E-state index in [4.69, 9.17) is 9.84 Å². The Kier molecular flexibility index (Phi) is 5.18. The first-order valence-corrected chi connectivity index (χ1v) is 6.95. The van der Waals surface area contributed by atoms with Crippen molar-refractivity contribution in [3.05, 3.63) is 35.9 Å². The van der Waals surface area contributed by atoms with Gasteiger partial charge in [-0.1, -0.05) is 12.1 Å². The molecule has 1 heterocycles. The molecule has 1 atom stereocenters. The minimum atomic E-state index is -0.927. The average molecular weight is 275 g/mol. The van der Waals surface area contributed by atoms with Crippen molar-refractivity contribution in [1.82, 2.24) is 0 Å². The Hall–Kier alpha value is -1.81. The van der Waals surface area contributed by atoms with E-state index < -0.39 is 5.97 Å². The SMILES string of the molecule is CN(CC1CCCOC1)c1ccc(C=CC(=O)O)cc1. The van der Waals surface area contributed by atoms with E-state index in [0.29, 0.717) is 5.92 Å². The first kappa shape index (κ1) is 14.6. The van der Waals surface area contributed by atoms with Gasteiger partial charge in [-0.15, -0.1) is 0 Å². The van der Waals surface area contributed by atoms with Gasteiger partial charge in [0, 0.05) is 32.0 Å². The van der Waals surface area contributed by atoms with Gasteiger partial charge in [-0.05, 0) is 42.5 Å². The molecule has 0 aliphatic carbocycles. The molecule has 1 saturated heterocycles. The van der Waals surface area contributed by atoms with Gasteiger partial charge in [-0.25, -0.2) is 4.79 Å². The highest BCUT2D eigenvalue weighted by atomic mass is 16.5. The molecule has 2 rings (SSSR count). The first-order valence-electron chi connectivity index (χ1n) is 6.95. The summed E-state index contributed by atoms with van der Waals surface area (Å²) in [5, 5.41) is 8.59. The summed E-state index contributed by atoms with van der Waals surface area (Å²) >= 11 is 0. The van der Waals surface area contributed by atoms with Crippen molar-refractivity contribution < 1.29 is 14.6 Å². The molecule has 1 aromatic rings. The van der Waals surface area contributed by atoms with E-state index in [-0.39, 0.29) is 0 Å². The van der Waals surface area contributed by atoms with E-state index in [2.05, 4.69) is 11.9 Å². The quantitative estimate of drug-likeness (QED) is 0.839.